The topological polar surface area (TPSA) is 52.7 Å². The molecule has 1 aromatic heterocycles. The van der Waals surface area contributed by atoms with E-state index in [4.69, 9.17) is 0 Å². The average molecular weight is 325 g/mol. The summed E-state index contributed by atoms with van der Waals surface area (Å²) in [4.78, 5) is 28.9. The second-order valence-corrected chi connectivity index (χ2v) is 7.49. The lowest BCUT2D eigenvalue weighted by atomic mass is 10.1. The molecule has 1 heterocycles. The molecule has 2 amide bonds. The molecule has 0 spiro atoms. The van der Waals surface area contributed by atoms with Gasteiger partial charge in [0, 0.05) is 17.0 Å². The molecule has 0 fully saturated rings. The Morgan fingerprint density at radius 3 is 2.45 bits per heavy atom. The van der Waals surface area contributed by atoms with Crippen molar-refractivity contribution < 1.29 is 9.59 Å². The molecule has 5 nitrogen and oxygen atoms in total. The van der Waals surface area contributed by atoms with Crippen molar-refractivity contribution in [3.63, 3.8) is 0 Å². The van der Waals surface area contributed by atoms with Gasteiger partial charge >= 0.3 is 0 Å². The van der Waals surface area contributed by atoms with Crippen LogP contribution in [0.2, 0.25) is 0 Å². The van der Waals surface area contributed by atoms with Crippen LogP contribution in [0.3, 0.4) is 0 Å². The van der Waals surface area contributed by atoms with Crippen molar-refractivity contribution >= 4 is 23.2 Å². The smallest absolute Gasteiger partial charge is 0.237 e. The number of hydrogen-bond acceptors (Lipinski definition) is 4. The van der Waals surface area contributed by atoms with E-state index in [0.717, 1.165) is 0 Å². The van der Waals surface area contributed by atoms with Crippen molar-refractivity contribution in [3.05, 3.63) is 22.4 Å². The number of carbonyl (C=O) groups excluding carboxylic acids is 2. The quantitative estimate of drug-likeness (QED) is 0.833. The highest BCUT2D eigenvalue weighted by atomic mass is 32.1. The number of nitrogens with one attached hydrogen (secondary N) is 1. The van der Waals surface area contributed by atoms with Crippen molar-refractivity contribution in [2.24, 2.45) is 0 Å². The summed E-state index contributed by atoms with van der Waals surface area (Å²) in [6.45, 7) is 9.56. The number of rotatable bonds is 7. The summed E-state index contributed by atoms with van der Waals surface area (Å²) in [6, 6.07) is 4.02. The van der Waals surface area contributed by atoms with Crippen LogP contribution in [-0.4, -0.2) is 53.8 Å². The van der Waals surface area contributed by atoms with E-state index in [9.17, 15) is 9.59 Å². The Hall–Kier alpha value is -1.40. The molecule has 0 saturated carbocycles. The van der Waals surface area contributed by atoms with E-state index in [1.165, 1.54) is 4.88 Å². The van der Waals surface area contributed by atoms with Crippen LogP contribution in [0.4, 0.5) is 0 Å². The largest absolute Gasteiger partial charge is 0.350 e. The van der Waals surface area contributed by atoms with Crippen molar-refractivity contribution in [2.45, 2.75) is 39.8 Å². The van der Waals surface area contributed by atoms with Gasteiger partial charge in [-0.3, -0.25) is 14.5 Å². The minimum atomic E-state index is -0.253. The number of likely N-dealkylation sites (N-methyl/N-ethyl adjacent to an activating group) is 2. The standard InChI is InChI=1S/C16H27N3O2S/c1-6-19(10-13-8-7-9-22-13)15(21)12-18(5)11-14(20)17-16(2,3)4/h7-9H,6,10-12H2,1-5H3,(H,17,20). The lowest BCUT2D eigenvalue weighted by molar-refractivity contribution is -0.133. The fourth-order valence-electron chi connectivity index (χ4n) is 2.06. The molecule has 0 saturated heterocycles. The minimum Gasteiger partial charge on any atom is -0.350 e. The Bertz CT molecular complexity index is 480. The molecule has 22 heavy (non-hydrogen) atoms. The predicted octanol–water partition coefficient (Wildman–Crippen LogP) is 1.94. The summed E-state index contributed by atoms with van der Waals surface area (Å²) in [7, 11) is 1.79. The van der Waals surface area contributed by atoms with Gasteiger partial charge in [0.2, 0.25) is 11.8 Å². The molecule has 0 aliphatic rings. The number of carbonyl (C=O) groups is 2. The lowest BCUT2D eigenvalue weighted by Gasteiger charge is -2.25. The molecule has 0 aliphatic heterocycles. The second-order valence-electron chi connectivity index (χ2n) is 6.46. The maximum Gasteiger partial charge on any atom is 0.237 e. The summed E-state index contributed by atoms with van der Waals surface area (Å²) < 4.78 is 0. The van der Waals surface area contributed by atoms with Gasteiger partial charge < -0.3 is 10.2 Å². The van der Waals surface area contributed by atoms with E-state index in [0.29, 0.717) is 13.1 Å². The van der Waals surface area contributed by atoms with Crippen LogP contribution in [0, 0.1) is 0 Å². The number of thiophene rings is 1. The molecule has 0 aliphatic carbocycles. The normalized spacial score (nSPS) is 11.5. The third-order valence-electron chi connectivity index (χ3n) is 2.99. The second kappa shape index (κ2) is 8.29. The minimum absolute atomic E-state index is 0.0435. The summed E-state index contributed by atoms with van der Waals surface area (Å²) in [5, 5.41) is 4.91. The highest BCUT2D eigenvalue weighted by Crippen LogP contribution is 2.12. The number of hydrogen-bond donors (Lipinski definition) is 1. The molecule has 0 unspecified atom stereocenters. The van der Waals surface area contributed by atoms with Gasteiger partial charge in [0.15, 0.2) is 0 Å². The predicted molar refractivity (Wildman–Crippen MR) is 90.8 cm³/mol. The Morgan fingerprint density at radius 2 is 1.95 bits per heavy atom. The van der Waals surface area contributed by atoms with E-state index in [1.54, 1.807) is 23.3 Å². The highest BCUT2D eigenvalue weighted by molar-refractivity contribution is 7.09. The first-order valence-electron chi connectivity index (χ1n) is 7.51. The molecule has 124 valence electrons. The monoisotopic (exact) mass is 325 g/mol. The van der Waals surface area contributed by atoms with Crippen molar-refractivity contribution in [1.82, 2.24) is 15.1 Å². The van der Waals surface area contributed by atoms with Gasteiger partial charge in [-0.05, 0) is 46.2 Å². The Balaban J connectivity index is 2.46. The van der Waals surface area contributed by atoms with Gasteiger partial charge in [-0.2, -0.15) is 0 Å². The molecule has 0 bridgehead atoms. The third kappa shape index (κ3) is 7.04. The number of nitrogens with zero attached hydrogens (tertiary/aromatic N) is 2. The van der Waals surface area contributed by atoms with Crippen LogP contribution >= 0.6 is 11.3 Å². The third-order valence-corrected chi connectivity index (χ3v) is 3.86. The Labute approximate surface area is 137 Å². The van der Waals surface area contributed by atoms with Gasteiger partial charge in [0.1, 0.15) is 0 Å². The van der Waals surface area contributed by atoms with E-state index in [-0.39, 0.29) is 30.4 Å². The molecule has 1 rings (SSSR count). The SMILES string of the molecule is CCN(Cc1cccs1)C(=O)CN(C)CC(=O)NC(C)(C)C. The first-order valence-corrected chi connectivity index (χ1v) is 8.39. The van der Waals surface area contributed by atoms with Gasteiger partial charge in [0.25, 0.3) is 0 Å². The van der Waals surface area contributed by atoms with E-state index >= 15 is 0 Å². The highest BCUT2D eigenvalue weighted by Gasteiger charge is 2.18. The molecule has 1 N–H and O–H groups in total. The van der Waals surface area contributed by atoms with Crippen LogP contribution in [0.25, 0.3) is 0 Å². The Kier molecular flexibility index (Phi) is 7.03. The van der Waals surface area contributed by atoms with E-state index in [1.807, 2.05) is 50.1 Å². The van der Waals surface area contributed by atoms with Crippen LogP contribution in [-0.2, 0) is 16.1 Å². The van der Waals surface area contributed by atoms with Crippen molar-refractivity contribution in [1.29, 1.82) is 0 Å². The van der Waals surface area contributed by atoms with Gasteiger partial charge in [0.05, 0.1) is 19.6 Å². The fraction of sp³-hybridized carbons (Fsp3) is 0.625. The van der Waals surface area contributed by atoms with Crippen LogP contribution in [0.1, 0.15) is 32.6 Å². The zero-order valence-electron chi connectivity index (χ0n) is 14.2. The molecule has 0 atom stereocenters. The summed E-state index contributed by atoms with van der Waals surface area (Å²) in [5.74, 6) is -0.0222. The fourth-order valence-corrected chi connectivity index (χ4v) is 2.78. The van der Waals surface area contributed by atoms with Crippen LogP contribution < -0.4 is 5.32 Å². The molecular formula is C16H27N3O2S. The summed E-state index contributed by atoms with van der Waals surface area (Å²) in [5.41, 5.74) is -0.253. The van der Waals surface area contributed by atoms with E-state index in [2.05, 4.69) is 5.32 Å². The molecule has 1 aromatic rings. The molecule has 0 aromatic carbocycles. The first kappa shape index (κ1) is 18.6. The molecular weight excluding hydrogens is 298 g/mol. The van der Waals surface area contributed by atoms with Crippen molar-refractivity contribution in [3.8, 4) is 0 Å². The molecule has 6 heteroatoms. The van der Waals surface area contributed by atoms with Crippen LogP contribution in [0.15, 0.2) is 17.5 Å². The maximum absolute atomic E-state index is 12.3. The Morgan fingerprint density at radius 1 is 1.27 bits per heavy atom. The summed E-state index contributed by atoms with van der Waals surface area (Å²) >= 11 is 1.65. The molecule has 0 radical (unpaired) electrons. The van der Waals surface area contributed by atoms with Gasteiger partial charge in [-0.15, -0.1) is 11.3 Å². The van der Waals surface area contributed by atoms with Crippen LogP contribution in [0.5, 0.6) is 0 Å². The van der Waals surface area contributed by atoms with Gasteiger partial charge in [-0.1, -0.05) is 6.07 Å². The zero-order valence-corrected chi connectivity index (χ0v) is 15.0. The van der Waals surface area contributed by atoms with E-state index < -0.39 is 0 Å². The first-order chi connectivity index (χ1) is 10.2. The summed E-state index contributed by atoms with van der Waals surface area (Å²) in [6.07, 6.45) is 0. The number of amides is 2. The zero-order chi connectivity index (χ0) is 16.8. The lowest BCUT2D eigenvalue weighted by Crippen LogP contribution is -2.47. The maximum atomic E-state index is 12.3. The average Bonchev–Trinajstić information content (AvgIpc) is 2.85. The van der Waals surface area contributed by atoms with Gasteiger partial charge in [-0.25, -0.2) is 0 Å². The van der Waals surface area contributed by atoms with Crippen molar-refractivity contribution in [2.75, 3.05) is 26.7 Å².